The molecule has 0 aliphatic rings. The van der Waals surface area contributed by atoms with E-state index >= 15 is 0 Å². The summed E-state index contributed by atoms with van der Waals surface area (Å²) in [5.41, 5.74) is 4.73. The minimum Gasteiger partial charge on any atom is -0.244 e. The van der Waals surface area contributed by atoms with E-state index in [1.165, 1.54) is 4.90 Å². The molecule has 1 aromatic heterocycles. The van der Waals surface area contributed by atoms with Crippen LogP contribution in [0.4, 0.5) is 5.95 Å². The summed E-state index contributed by atoms with van der Waals surface area (Å²) in [6.45, 7) is 0. The maximum Gasteiger partial charge on any atom is 0.268 e. The number of nitrogens with one attached hydrogen (secondary N) is 1. The number of hydrogen-bond acceptors (Lipinski definition) is 6. The molecule has 0 atom stereocenters. The third-order valence-corrected chi connectivity index (χ3v) is 3.71. The largest absolute Gasteiger partial charge is 0.268 e. The van der Waals surface area contributed by atoms with E-state index in [-0.39, 0.29) is 0 Å². The number of hydrazone groups is 1. The van der Waals surface area contributed by atoms with Gasteiger partial charge in [0.15, 0.2) is 0 Å². The predicted molar refractivity (Wildman–Crippen MR) is 88.6 cm³/mol. The number of para-hydroxylation sites is 1. The van der Waals surface area contributed by atoms with E-state index in [2.05, 4.69) is 38.2 Å². The molecule has 1 heterocycles. The zero-order chi connectivity index (χ0) is 15.2. The first kappa shape index (κ1) is 14.3. The zero-order valence-electron chi connectivity index (χ0n) is 11.9. The predicted octanol–water partition coefficient (Wildman–Crippen LogP) is 2.83. The lowest BCUT2D eigenvalue weighted by Gasteiger charge is -2.02. The Bertz CT molecular complexity index is 751. The van der Waals surface area contributed by atoms with Gasteiger partial charge in [-0.1, -0.05) is 35.4 Å². The lowest BCUT2D eigenvalue weighted by atomic mass is 10.2. The quantitative estimate of drug-likeness (QED) is 0.446. The van der Waals surface area contributed by atoms with Gasteiger partial charge in [0.1, 0.15) is 0 Å². The molecule has 0 fully saturated rings. The topological polar surface area (TPSA) is 68.0 Å². The van der Waals surface area contributed by atoms with Crippen molar-refractivity contribution >= 4 is 23.9 Å². The fraction of sp³-hybridized carbons (Fsp3) is 0.0667. The van der Waals surface area contributed by atoms with E-state index < -0.39 is 0 Å². The summed E-state index contributed by atoms with van der Waals surface area (Å²) in [4.78, 5) is 1.22. The third-order valence-electron chi connectivity index (χ3n) is 2.96. The minimum atomic E-state index is 0.461. The molecule has 0 aliphatic carbocycles. The molecule has 0 unspecified atom stereocenters. The SMILES string of the molecule is CSc1ccc(/C=N\Nc2nnnn2-c2ccccc2)cc1. The average molecular weight is 310 g/mol. The fourth-order valence-electron chi connectivity index (χ4n) is 1.85. The number of benzene rings is 2. The lowest BCUT2D eigenvalue weighted by Crippen LogP contribution is -2.03. The van der Waals surface area contributed by atoms with Crippen molar-refractivity contribution in [3.63, 3.8) is 0 Å². The van der Waals surface area contributed by atoms with Crippen LogP contribution in [0.25, 0.3) is 5.69 Å². The van der Waals surface area contributed by atoms with Crippen LogP contribution in [0.2, 0.25) is 0 Å². The minimum absolute atomic E-state index is 0.461. The van der Waals surface area contributed by atoms with Gasteiger partial charge in [0.2, 0.25) is 0 Å². The summed E-state index contributed by atoms with van der Waals surface area (Å²) in [5, 5.41) is 15.7. The molecule has 3 aromatic rings. The molecule has 0 saturated carbocycles. The van der Waals surface area contributed by atoms with Crippen molar-refractivity contribution in [2.24, 2.45) is 5.10 Å². The third kappa shape index (κ3) is 3.32. The van der Waals surface area contributed by atoms with Crippen LogP contribution in [0, 0.1) is 0 Å². The number of rotatable bonds is 5. The van der Waals surface area contributed by atoms with Crippen LogP contribution in [0.3, 0.4) is 0 Å². The number of thioether (sulfide) groups is 1. The molecule has 22 heavy (non-hydrogen) atoms. The van der Waals surface area contributed by atoms with Gasteiger partial charge in [-0.05, 0) is 46.5 Å². The first-order valence-electron chi connectivity index (χ1n) is 6.64. The molecular formula is C15H14N6S. The molecular weight excluding hydrogens is 296 g/mol. The van der Waals surface area contributed by atoms with Crippen molar-refractivity contribution in [3.8, 4) is 5.69 Å². The van der Waals surface area contributed by atoms with Crippen LogP contribution < -0.4 is 5.43 Å². The van der Waals surface area contributed by atoms with Gasteiger partial charge in [0.25, 0.3) is 5.95 Å². The molecule has 0 radical (unpaired) electrons. The molecule has 1 N–H and O–H groups in total. The van der Waals surface area contributed by atoms with Gasteiger partial charge < -0.3 is 0 Å². The first-order chi connectivity index (χ1) is 10.9. The molecule has 110 valence electrons. The molecule has 3 rings (SSSR count). The highest BCUT2D eigenvalue weighted by Crippen LogP contribution is 2.14. The van der Waals surface area contributed by atoms with E-state index in [4.69, 9.17) is 0 Å². The van der Waals surface area contributed by atoms with E-state index in [0.29, 0.717) is 5.95 Å². The van der Waals surface area contributed by atoms with E-state index in [9.17, 15) is 0 Å². The molecule has 0 amide bonds. The second-order valence-electron chi connectivity index (χ2n) is 4.39. The van der Waals surface area contributed by atoms with Crippen LogP contribution in [0.1, 0.15) is 5.56 Å². The van der Waals surface area contributed by atoms with Crippen molar-refractivity contribution in [3.05, 3.63) is 60.2 Å². The normalized spacial score (nSPS) is 11.0. The van der Waals surface area contributed by atoms with E-state index in [1.54, 1.807) is 22.7 Å². The van der Waals surface area contributed by atoms with E-state index in [0.717, 1.165) is 11.3 Å². The summed E-state index contributed by atoms with van der Waals surface area (Å²) in [7, 11) is 0. The lowest BCUT2D eigenvalue weighted by molar-refractivity contribution is 0.790. The monoisotopic (exact) mass is 310 g/mol. The van der Waals surface area contributed by atoms with Crippen molar-refractivity contribution < 1.29 is 0 Å². The van der Waals surface area contributed by atoms with Gasteiger partial charge in [-0.2, -0.15) is 9.78 Å². The van der Waals surface area contributed by atoms with Crippen molar-refractivity contribution in [2.75, 3.05) is 11.7 Å². The van der Waals surface area contributed by atoms with Crippen LogP contribution in [0.15, 0.2) is 64.6 Å². The second kappa shape index (κ2) is 6.86. The van der Waals surface area contributed by atoms with Gasteiger partial charge in [-0.3, -0.25) is 0 Å². The average Bonchev–Trinajstić information content (AvgIpc) is 3.05. The van der Waals surface area contributed by atoms with Crippen LogP contribution >= 0.6 is 11.8 Å². The number of hydrogen-bond donors (Lipinski definition) is 1. The Morgan fingerprint density at radius 1 is 1.09 bits per heavy atom. The Kier molecular flexibility index (Phi) is 4.45. The smallest absolute Gasteiger partial charge is 0.244 e. The highest BCUT2D eigenvalue weighted by atomic mass is 32.2. The maximum atomic E-state index is 4.18. The Morgan fingerprint density at radius 2 is 1.86 bits per heavy atom. The molecule has 2 aromatic carbocycles. The number of nitrogens with zero attached hydrogens (tertiary/aromatic N) is 5. The Labute approximate surface area is 132 Å². The van der Waals surface area contributed by atoms with Crippen LogP contribution in [0.5, 0.6) is 0 Å². The van der Waals surface area contributed by atoms with Crippen molar-refractivity contribution in [1.82, 2.24) is 20.2 Å². The van der Waals surface area contributed by atoms with E-state index in [1.807, 2.05) is 48.7 Å². The van der Waals surface area contributed by atoms with Gasteiger partial charge in [0.05, 0.1) is 11.9 Å². The summed E-state index contributed by atoms with van der Waals surface area (Å²) in [5.74, 6) is 0.461. The number of tetrazole rings is 1. The summed E-state index contributed by atoms with van der Waals surface area (Å²) in [6, 6.07) is 17.8. The van der Waals surface area contributed by atoms with Gasteiger partial charge in [-0.25, -0.2) is 5.43 Å². The summed E-state index contributed by atoms with van der Waals surface area (Å²) >= 11 is 1.71. The van der Waals surface area contributed by atoms with Gasteiger partial charge in [0, 0.05) is 4.90 Å². The maximum absolute atomic E-state index is 4.18. The first-order valence-corrected chi connectivity index (χ1v) is 7.86. The summed E-state index contributed by atoms with van der Waals surface area (Å²) in [6.07, 6.45) is 3.78. The fourth-order valence-corrected chi connectivity index (χ4v) is 2.26. The van der Waals surface area contributed by atoms with Crippen molar-refractivity contribution in [1.29, 1.82) is 0 Å². The Balaban J connectivity index is 1.72. The molecule has 0 aliphatic heterocycles. The highest BCUT2D eigenvalue weighted by Gasteiger charge is 2.05. The van der Waals surface area contributed by atoms with Crippen LogP contribution in [-0.4, -0.2) is 32.7 Å². The molecule has 0 saturated heterocycles. The molecule has 0 spiro atoms. The number of anilines is 1. The molecule has 0 bridgehead atoms. The molecule has 7 heteroatoms. The Morgan fingerprint density at radius 3 is 2.59 bits per heavy atom. The standard InChI is InChI=1S/C15H14N6S/c1-22-14-9-7-12(8-10-14)11-16-17-15-18-19-20-21(15)13-5-3-2-4-6-13/h2-11H,1H3,(H,17,18,20)/b16-11-. The van der Waals surface area contributed by atoms with Gasteiger partial charge in [-0.15, -0.1) is 11.8 Å². The molecule has 6 nitrogen and oxygen atoms in total. The second-order valence-corrected chi connectivity index (χ2v) is 5.27. The highest BCUT2D eigenvalue weighted by molar-refractivity contribution is 7.98. The van der Waals surface area contributed by atoms with Gasteiger partial charge >= 0.3 is 0 Å². The van der Waals surface area contributed by atoms with Crippen molar-refractivity contribution in [2.45, 2.75) is 4.90 Å². The van der Waals surface area contributed by atoms with Crippen LogP contribution in [-0.2, 0) is 0 Å². The Hall–Kier alpha value is -2.67. The number of aromatic nitrogens is 4. The zero-order valence-corrected chi connectivity index (χ0v) is 12.7. The summed E-state index contributed by atoms with van der Waals surface area (Å²) < 4.78 is 1.59.